The van der Waals surface area contributed by atoms with Crippen LogP contribution < -0.4 is 15.4 Å². The number of aliphatic imine (C=N–C) groups is 1. The van der Waals surface area contributed by atoms with Crippen molar-refractivity contribution in [2.45, 2.75) is 26.6 Å². The Bertz CT molecular complexity index is 872. The van der Waals surface area contributed by atoms with Gasteiger partial charge in [-0.15, -0.1) is 0 Å². The standard InChI is InChI=1S/C22H27N5O/c1-3-24-22(26-15-20-6-4-5-7-21(20)28-2)25-14-18-8-10-19(11-9-18)16-27-13-12-23-17-27/h4-13,17H,3,14-16H2,1-2H3,(H2,24,25,26). The minimum atomic E-state index is 0.618. The zero-order valence-electron chi connectivity index (χ0n) is 16.4. The van der Waals surface area contributed by atoms with E-state index in [0.29, 0.717) is 13.1 Å². The molecular formula is C22H27N5O. The van der Waals surface area contributed by atoms with Gasteiger partial charge in [-0.25, -0.2) is 9.98 Å². The Balaban J connectivity index is 1.59. The monoisotopic (exact) mass is 377 g/mol. The highest BCUT2D eigenvalue weighted by Gasteiger charge is 2.03. The van der Waals surface area contributed by atoms with Crippen molar-refractivity contribution in [3.63, 3.8) is 0 Å². The number of rotatable bonds is 8. The van der Waals surface area contributed by atoms with E-state index < -0.39 is 0 Å². The molecule has 1 heterocycles. The number of hydrogen-bond acceptors (Lipinski definition) is 3. The molecule has 0 aliphatic carbocycles. The molecule has 3 rings (SSSR count). The normalized spacial score (nSPS) is 11.3. The maximum atomic E-state index is 5.41. The average molecular weight is 377 g/mol. The molecule has 0 fully saturated rings. The lowest BCUT2D eigenvalue weighted by Gasteiger charge is -2.13. The van der Waals surface area contributed by atoms with Crippen LogP contribution in [0.15, 0.2) is 72.2 Å². The van der Waals surface area contributed by atoms with Crippen LogP contribution in [0.1, 0.15) is 23.6 Å². The lowest BCUT2D eigenvalue weighted by Crippen LogP contribution is -2.36. The first-order valence-corrected chi connectivity index (χ1v) is 9.46. The molecular weight excluding hydrogens is 350 g/mol. The summed E-state index contributed by atoms with van der Waals surface area (Å²) in [6.07, 6.45) is 5.59. The van der Waals surface area contributed by atoms with Gasteiger partial charge in [0, 0.05) is 37.6 Å². The minimum absolute atomic E-state index is 0.618. The zero-order chi connectivity index (χ0) is 19.6. The fourth-order valence-corrected chi connectivity index (χ4v) is 2.88. The number of nitrogens with zero attached hydrogens (tertiary/aromatic N) is 3. The van der Waals surface area contributed by atoms with Gasteiger partial charge in [0.25, 0.3) is 0 Å². The van der Waals surface area contributed by atoms with Crippen LogP contribution in [0.5, 0.6) is 5.75 Å². The molecule has 2 N–H and O–H groups in total. The van der Waals surface area contributed by atoms with E-state index in [9.17, 15) is 0 Å². The van der Waals surface area contributed by atoms with E-state index in [1.54, 1.807) is 13.3 Å². The first kappa shape index (κ1) is 19.5. The predicted molar refractivity (Wildman–Crippen MR) is 112 cm³/mol. The second kappa shape index (κ2) is 10.2. The summed E-state index contributed by atoms with van der Waals surface area (Å²) < 4.78 is 7.46. The van der Waals surface area contributed by atoms with Gasteiger partial charge < -0.3 is 19.9 Å². The molecule has 0 atom stereocenters. The third kappa shape index (κ3) is 5.61. The molecule has 0 amide bonds. The highest BCUT2D eigenvalue weighted by atomic mass is 16.5. The fourth-order valence-electron chi connectivity index (χ4n) is 2.88. The molecule has 0 aliphatic heterocycles. The number of nitrogens with one attached hydrogen (secondary N) is 2. The van der Waals surface area contributed by atoms with Crippen molar-refractivity contribution >= 4 is 5.96 Å². The number of ether oxygens (including phenoxy) is 1. The van der Waals surface area contributed by atoms with Crippen LogP contribution in [0.3, 0.4) is 0 Å². The van der Waals surface area contributed by atoms with Crippen LogP contribution in [0.2, 0.25) is 0 Å². The van der Waals surface area contributed by atoms with Crippen LogP contribution in [-0.4, -0.2) is 29.2 Å². The molecule has 146 valence electrons. The maximum Gasteiger partial charge on any atom is 0.191 e. The third-order valence-electron chi connectivity index (χ3n) is 4.35. The van der Waals surface area contributed by atoms with Crippen molar-refractivity contribution in [1.29, 1.82) is 0 Å². The van der Waals surface area contributed by atoms with E-state index >= 15 is 0 Å². The summed E-state index contributed by atoms with van der Waals surface area (Å²) in [4.78, 5) is 8.77. The van der Waals surface area contributed by atoms with Crippen LogP contribution in [0.25, 0.3) is 0 Å². The van der Waals surface area contributed by atoms with Gasteiger partial charge >= 0.3 is 0 Å². The second-order valence-corrected chi connectivity index (χ2v) is 6.41. The molecule has 0 radical (unpaired) electrons. The number of aromatic nitrogens is 2. The van der Waals surface area contributed by atoms with Crippen molar-refractivity contribution in [3.8, 4) is 5.75 Å². The summed E-state index contributed by atoms with van der Waals surface area (Å²) >= 11 is 0. The predicted octanol–water partition coefficient (Wildman–Crippen LogP) is 3.20. The molecule has 6 heteroatoms. The molecule has 2 aromatic carbocycles. The topological polar surface area (TPSA) is 63.5 Å². The quantitative estimate of drug-likeness (QED) is 0.467. The highest BCUT2D eigenvalue weighted by Crippen LogP contribution is 2.16. The lowest BCUT2D eigenvalue weighted by atomic mass is 10.1. The Labute approximate surface area is 166 Å². The van der Waals surface area contributed by atoms with Gasteiger partial charge in [0.15, 0.2) is 5.96 Å². The van der Waals surface area contributed by atoms with Gasteiger partial charge in [-0.2, -0.15) is 0 Å². The van der Waals surface area contributed by atoms with Crippen molar-refractivity contribution in [2.24, 2.45) is 4.99 Å². The van der Waals surface area contributed by atoms with Crippen LogP contribution in [0.4, 0.5) is 0 Å². The number of imidazole rings is 1. The van der Waals surface area contributed by atoms with Crippen molar-refractivity contribution < 1.29 is 4.74 Å². The SMILES string of the molecule is CCNC(=NCc1ccc(Cn2ccnc2)cc1)NCc1ccccc1OC. The highest BCUT2D eigenvalue weighted by molar-refractivity contribution is 5.79. The largest absolute Gasteiger partial charge is 0.496 e. The zero-order valence-corrected chi connectivity index (χ0v) is 16.4. The number of methoxy groups -OCH3 is 1. The second-order valence-electron chi connectivity index (χ2n) is 6.41. The number of para-hydroxylation sites is 1. The third-order valence-corrected chi connectivity index (χ3v) is 4.35. The fraction of sp³-hybridized carbons (Fsp3) is 0.273. The number of guanidine groups is 1. The summed E-state index contributed by atoms with van der Waals surface area (Å²) in [6.45, 7) is 4.96. The van der Waals surface area contributed by atoms with Gasteiger partial charge in [-0.3, -0.25) is 0 Å². The smallest absolute Gasteiger partial charge is 0.191 e. The van der Waals surface area contributed by atoms with Gasteiger partial charge in [-0.05, 0) is 24.1 Å². The molecule has 1 aromatic heterocycles. The molecule has 0 saturated heterocycles. The molecule has 28 heavy (non-hydrogen) atoms. The molecule has 0 saturated carbocycles. The maximum absolute atomic E-state index is 5.41. The molecule has 0 aliphatic rings. The van der Waals surface area contributed by atoms with Crippen LogP contribution >= 0.6 is 0 Å². The van der Waals surface area contributed by atoms with Gasteiger partial charge in [0.05, 0.1) is 20.0 Å². The Morgan fingerprint density at radius 3 is 2.57 bits per heavy atom. The van der Waals surface area contributed by atoms with Crippen molar-refractivity contribution in [1.82, 2.24) is 20.2 Å². The lowest BCUT2D eigenvalue weighted by molar-refractivity contribution is 0.409. The van der Waals surface area contributed by atoms with E-state index in [1.807, 2.05) is 36.8 Å². The van der Waals surface area contributed by atoms with E-state index in [2.05, 4.69) is 51.4 Å². The summed E-state index contributed by atoms with van der Waals surface area (Å²) in [5.74, 6) is 1.66. The van der Waals surface area contributed by atoms with E-state index in [4.69, 9.17) is 9.73 Å². The minimum Gasteiger partial charge on any atom is -0.496 e. The van der Waals surface area contributed by atoms with Gasteiger partial charge in [0.2, 0.25) is 0 Å². The summed E-state index contributed by atoms with van der Waals surface area (Å²) in [6, 6.07) is 16.5. The molecule has 0 unspecified atom stereocenters. The van der Waals surface area contributed by atoms with Crippen molar-refractivity contribution in [2.75, 3.05) is 13.7 Å². The summed E-state index contributed by atoms with van der Waals surface area (Å²) in [5.41, 5.74) is 3.51. The molecule has 3 aromatic rings. The summed E-state index contributed by atoms with van der Waals surface area (Å²) in [5, 5.41) is 6.66. The van der Waals surface area contributed by atoms with E-state index in [-0.39, 0.29) is 0 Å². The van der Waals surface area contributed by atoms with E-state index in [0.717, 1.165) is 30.4 Å². The molecule has 6 nitrogen and oxygen atoms in total. The Hall–Kier alpha value is -3.28. The number of hydrogen-bond donors (Lipinski definition) is 2. The van der Waals surface area contributed by atoms with Gasteiger partial charge in [0.1, 0.15) is 5.75 Å². The van der Waals surface area contributed by atoms with Crippen molar-refractivity contribution in [3.05, 3.63) is 83.9 Å². The number of benzene rings is 2. The van der Waals surface area contributed by atoms with Gasteiger partial charge in [-0.1, -0.05) is 42.5 Å². The first-order valence-electron chi connectivity index (χ1n) is 9.46. The van der Waals surface area contributed by atoms with Crippen LogP contribution in [0, 0.1) is 0 Å². The molecule has 0 bridgehead atoms. The van der Waals surface area contributed by atoms with Crippen LogP contribution in [-0.2, 0) is 19.6 Å². The molecule has 0 spiro atoms. The summed E-state index contributed by atoms with van der Waals surface area (Å²) in [7, 11) is 1.69. The Morgan fingerprint density at radius 2 is 1.86 bits per heavy atom. The Kier molecular flexibility index (Phi) is 7.07. The average Bonchev–Trinajstić information content (AvgIpc) is 3.24. The van der Waals surface area contributed by atoms with E-state index in [1.165, 1.54) is 11.1 Å². The first-order chi connectivity index (χ1) is 13.8. The Morgan fingerprint density at radius 1 is 1.07 bits per heavy atom.